The fourth-order valence-electron chi connectivity index (χ4n) is 4.66. The zero-order valence-corrected chi connectivity index (χ0v) is 19.6. The number of nitrogens with one attached hydrogen (secondary N) is 1. The van der Waals surface area contributed by atoms with Gasteiger partial charge in [0.05, 0.1) is 10.8 Å². The molecule has 0 radical (unpaired) electrons. The molecule has 0 aromatic heterocycles. The molecule has 6 nitrogen and oxygen atoms in total. The number of hydrogen-bond donors (Lipinski definition) is 1. The van der Waals surface area contributed by atoms with Crippen molar-refractivity contribution in [2.45, 2.75) is 36.0 Å². The summed E-state index contributed by atoms with van der Waals surface area (Å²) in [5.41, 5.74) is 0.869. The van der Waals surface area contributed by atoms with Gasteiger partial charge in [-0.2, -0.15) is 4.31 Å². The van der Waals surface area contributed by atoms with E-state index in [-0.39, 0.29) is 28.7 Å². The number of sulfonamides is 1. The summed E-state index contributed by atoms with van der Waals surface area (Å²) in [5, 5.41) is 3.81. The molecule has 2 saturated heterocycles. The highest BCUT2D eigenvalue weighted by atomic mass is 35.5. The number of halogens is 1. The van der Waals surface area contributed by atoms with E-state index < -0.39 is 10.0 Å². The van der Waals surface area contributed by atoms with Crippen molar-refractivity contribution < 1.29 is 17.9 Å². The highest BCUT2D eigenvalue weighted by Gasteiger charge is 2.37. The molecule has 32 heavy (non-hydrogen) atoms. The summed E-state index contributed by atoms with van der Waals surface area (Å²) < 4.78 is 33.0. The van der Waals surface area contributed by atoms with Crippen molar-refractivity contribution in [2.24, 2.45) is 5.92 Å². The second-order valence-electron chi connectivity index (χ2n) is 8.64. The number of ether oxygens (including phenoxy) is 1. The van der Waals surface area contributed by atoms with Crippen LogP contribution in [0.4, 0.5) is 0 Å². The Morgan fingerprint density at radius 2 is 1.88 bits per heavy atom. The van der Waals surface area contributed by atoms with Crippen LogP contribution < -0.4 is 5.32 Å². The molecule has 1 N–H and O–H groups in total. The molecule has 0 aliphatic carbocycles. The molecule has 0 spiro atoms. The Bertz CT molecular complexity index is 1040. The second-order valence-corrected chi connectivity index (χ2v) is 11.0. The summed E-state index contributed by atoms with van der Waals surface area (Å²) in [6.07, 6.45) is 2.94. The molecular weight excluding hydrogens is 448 g/mol. The Morgan fingerprint density at radius 1 is 1.12 bits per heavy atom. The standard InChI is InChI=1S/C24H29ClN2O4S/c25-21-8-4-7-20(16-21)24(11-14-31-15-12-24)18-26-23(28)19-6-5-13-27(17-19)32(29,30)22-9-2-1-3-10-22/h1-4,7-10,16,19H,5-6,11-15,17-18H2,(H,26,28). The van der Waals surface area contributed by atoms with Crippen LogP contribution in [0.15, 0.2) is 59.5 Å². The Kier molecular flexibility index (Phi) is 7.20. The fraction of sp³-hybridized carbons (Fsp3) is 0.458. The van der Waals surface area contributed by atoms with Crippen molar-refractivity contribution in [1.29, 1.82) is 0 Å². The largest absolute Gasteiger partial charge is 0.381 e. The van der Waals surface area contributed by atoms with Crippen LogP contribution in [0.5, 0.6) is 0 Å². The van der Waals surface area contributed by atoms with E-state index in [4.69, 9.17) is 16.3 Å². The van der Waals surface area contributed by atoms with Gasteiger partial charge >= 0.3 is 0 Å². The van der Waals surface area contributed by atoms with E-state index >= 15 is 0 Å². The highest BCUT2D eigenvalue weighted by Crippen LogP contribution is 2.35. The summed E-state index contributed by atoms with van der Waals surface area (Å²) in [6, 6.07) is 16.2. The van der Waals surface area contributed by atoms with Gasteiger partial charge in [0, 0.05) is 43.3 Å². The molecule has 1 atom stereocenters. The summed E-state index contributed by atoms with van der Waals surface area (Å²) in [4.78, 5) is 13.4. The monoisotopic (exact) mass is 476 g/mol. The van der Waals surface area contributed by atoms with E-state index in [2.05, 4.69) is 11.4 Å². The number of piperidine rings is 1. The van der Waals surface area contributed by atoms with E-state index in [0.717, 1.165) is 18.4 Å². The molecule has 1 amide bonds. The first-order valence-corrected chi connectivity index (χ1v) is 12.9. The van der Waals surface area contributed by atoms with Crippen LogP contribution in [0.3, 0.4) is 0 Å². The summed E-state index contributed by atoms with van der Waals surface area (Å²) in [6.45, 7) is 2.39. The van der Waals surface area contributed by atoms with Crippen LogP contribution >= 0.6 is 11.6 Å². The Hall–Kier alpha value is -1.93. The highest BCUT2D eigenvalue weighted by molar-refractivity contribution is 7.89. The van der Waals surface area contributed by atoms with E-state index in [1.54, 1.807) is 30.3 Å². The van der Waals surface area contributed by atoms with Crippen molar-refractivity contribution in [2.75, 3.05) is 32.8 Å². The third-order valence-electron chi connectivity index (χ3n) is 6.62. The number of nitrogens with zero attached hydrogens (tertiary/aromatic N) is 1. The third kappa shape index (κ3) is 5.01. The third-order valence-corrected chi connectivity index (χ3v) is 8.74. The maximum Gasteiger partial charge on any atom is 0.243 e. The first-order valence-electron chi connectivity index (χ1n) is 11.1. The molecule has 2 aromatic carbocycles. The van der Waals surface area contributed by atoms with E-state index in [9.17, 15) is 13.2 Å². The molecular formula is C24H29ClN2O4S. The van der Waals surface area contributed by atoms with Gasteiger partial charge in [0.25, 0.3) is 0 Å². The predicted octanol–water partition coefficient (Wildman–Crippen LogP) is 3.61. The number of carbonyl (C=O) groups is 1. The van der Waals surface area contributed by atoms with Gasteiger partial charge in [0.15, 0.2) is 0 Å². The molecule has 4 rings (SSSR count). The van der Waals surface area contributed by atoms with Gasteiger partial charge in [-0.1, -0.05) is 41.9 Å². The minimum Gasteiger partial charge on any atom is -0.381 e. The minimum absolute atomic E-state index is 0.0918. The van der Waals surface area contributed by atoms with Gasteiger partial charge < -0.3 is 10.1 Å². The van der Waals surface area contributed by atoms with Crippen LogP contribution in [0.2, 0.25) is 5.02 Å². The van der Waals surface area contributed by atoms with Gasteiger partial charge in [-0.05, 0) is 55.5 Å². The number of amides is 1. The summed E-state index contributed by atoms with van der Waals surface area (Å²) in [7, 11) is -3.60. The lowest BCUT2D eigenvalue weighted by molar-refractivity contribution is -0.126. The number of rotatable bonds is 6. The van der Waals surface area contributed by atoms with Crippen molar-refractivity contribution >= 4 is 27.5 Å². The predicted molar refractivity (Wildman–Crippen MR) is 124 cm³/mol. The van der Waals surface area contributed by atoms with Crippen LogP contribution in [0, 0.1) is 5.92 Å². The average molecular weight is 477 g/mol. The SMILES string of the molecule is O=C(NCC1(c2cccc(Cl)c2)CCOCC1)C1CCCN(S(=O)(=O)c2ccccc2)C1. The average Bonchev–Trinajstić information content (AvgIpc) is 2.84. The normalized spacial score (nSPS) is 21.7. The number of benzene rings is 2. The van der Waals surface area contributed by atoms with Crippen molar-refractivity contribution in [3.63, 3.8) is 0 Å². The lowest BCUT2D eigenvalue weighted by atomic mass is 9.74. The van der Waals surface area contributed by atoms with Crippen LogP contribution in [-0.2, 0) is 25.0 Å². The van der Waals surface area contributed by atoms with Gasteiger partial charge in [0.1, 0.15) is 0 Å². The van der Waals surface area contributed by atoms with Crippen molar-refractivity contribution in [3.8, 4) is 0 Å². The molecule has 2 fully saturated rings. The minimum atomic E-state index is -3.60. The van der Waals surface area contributed by atoms with Gasteiger partial charge in [-0.3, -0.25) is 4.79 Å². The quantitative estimate of drug-likeness (QED) is 0.691. The van der Waals surface area contributed by atoms with Crippen molar-refractivity contribution in [1.82, 2.24) is 9.62 Å². The Balaban J connectivity index is 1.45. The molecule has 172 valence electrons. The lowest BCUT2D eigenvalue weighted by Gasteiger charge is -2.39. The van der Waals surface area contributed by atoms with E-state index in [1.165, 1.54) is 4.31 Å². The first kappa shape index (κ1) is 23.2. The molecule has 2 heterocycles. The summed E-state index contributed by atoms with van der Waals surface area (Å²) >= 11 is 6.24. The second kappa shape index (κ2) is 9.91. The smallest absolute Gasteiger partial charge is 0.243 e. The first-order chi connectivity index (χ1) is 15.4. The molecule has 2 aliphatic heterocycles. The zero-order chi connectivity index (χ0) is 22.6. The molecule has 0 bridgehead atoms. The zero-order valence-electron chi connectivity index (χ0n) is 18.0. The molecule has 1 unspecified atom stereocenters. The van der Waals surface area contributed by atoms with Crippen LogP contribution in [-0.4, -0.2) is 51.5 Å². The van der Waals surface area contributed by atoms with Crippen LogP contribution in [0.1, 0.15) is 31.2 Å². The van der Waals surface area contributed by atoms with Crippen molar-refractivity contribution in [3.05, 3.63) is 65.2 Å². The fourth-order valence-corrected chi connectivity index (χ4v) is 6.40. The Morgan fingerprint density at radius 3 is 2.59 bits per heavy atom. The van der Waals surface area contributed by atoms with Crippen LogP contribution in [0.25, 0.3) is 0 Å². The number of carbonyl (C=O) groups excluding carboxylic acids is 1. The molecule has 2 aromatic rings. The summed E-state index contributed by atoms with van der Waals surface area (Å²) in [5.74, 6) is -0.454. The number of hydrogen-bond acceptors (Lipinski definition) is 4. The topological polar surface area (TPSA) is 75.7 Å². The van der Waals surface area contributed by atoms with E-state index in [1.807, 2.05) is 18.2 Å². The molecule has 8 heteroatoms. The Labute approximate surface area is 195 Å². The molecule has 2 aliphatic rings. The van der Waals surface area contributed by atoms with E-state index in [0.29, 0.717) is 44.2 Å². The molecule has 0 saturated carbocycles. The maximum absolute atomic E-state index is 13.1. The van der Waals surface area contributed by atoms with Gasteiger partial charge in [-0.15, -0.1) is 0 Å². The maximum atomic E-state index is 13.1. The lowest BCUT2D eigenvalue weighted by Crippen LogP contribution is -2.49. The van der Waals surface area contributed by atoms with Gasteiger partial charge in [-0.25, -0.2) is 8.42 Å². The van der Waals surface area contributed by atoms with Gasteiger partial charge in [0.2, 0.25) is 15.9 Å².